The van der Waals surface area contributed by atoms with Gasteiger partial charge in [-0.3, -0.25) is 0 Å². The Hall–Kier alpha value is -4.06. The first-order valence-electron chi connectivity index (χ1n) is 9.91. The monoisotopic (exact) mass is 411 g/mol. The zero-order valence-electron chi connectivity index (χ0n) is 17.3. The van der Waals surface area contributed by atoms with Gasteiger partial charge in [0.25, 0.3) is 0 Å². The number of carbonyl (C=O) groups excluding carboxylic acids is 1. The first-order chi connectivity index (χ1) is 15.2. The lowest BCUT2D eigenvalue weighted by atomic mass is 10.0. The molecule has 0 unspecified atom stereocenters. The molecule has 4 aromatic rings. The summed E-state index contributed by atoms with van der Waals surface area (Å²) >= 11 is 0. The van der Waals surface area contributed by atoms with Crippen molar-refractivity contribution in [3.63, 3.8) is 0 Å². The maximum atomic E-state index is 12.5. The van der Waals surface area contributed by atoms with Crippen molar-refractivity contribution in [2.75, 3.05) is 13.7 Å². The number of benzene rings is 2. The maximum Gasteiger partial charge on any atom is 0.340 e. The topological polar surface area (TPSA) is 74.2 Å². The van der Waals surface area contributed by atoms with Crippen molar-refractivity contribution in [2.24, 2.45) is 0 Å². The van der Waals surface area contributed by atoms with Gasteiger partial charge in [0.1, 0.15) is 5.75 Å². The molecule has 154 valence electrons. The third kappa shape index (κ3) is 4.43. The van der Waals surface area contributed by atoms with Gasteiger partial charge in [0, 0.05) is 17.3 Å². The van der Waals surface area contributed by atoms with Gasteiger partial charge in [-0.1, -0.05) is 30.3 Å². The van der Waals surface area contributed by atoms with Gasteiger partial charge >= 0.3 is 5.97 Å². The molecule has 0 saturated heterocycles. The zero-order chi connectivity index (χ0) is 21.6. The van der Waals surface area contributed by atoms with Crippen LogP contribution in [-0.4, -0.2) is 34.6 Å². The Morgan fingerprint density at radius 3 is 2.29 bits per heavy atom. The van der Waals surface area contributed by atoms with Crippen LogP contribution in [0, 0.1) is 0 Å². The van der Waals surface area contributed by atoms with Crippen LogP contribution < -0.4 is 4.74 Å². The van der Waals surface area contributed by atoms with Gasteiger partial charge in [0.2, 0.25) is 0 Å². The number of nitrogens with zero attached hydrogens (tertiary/aromatic N) is 3. The molecule has 0 bridgehead atoms. The van der Waals surface area contributed by atoms with E-state index in [-0.39, 0.29) is 0 Å². The summed E-state index contributed by atoms with van der Waals surface area (Å²) in [7, 11) is 1.63. The van der Waals surface area contributed by atoms with Crippen molar-refractivity contribution >= 4 is 5.97 Å². The standard InChI is InChI=1S/C25H21N3O3/c1-3-31-25(29)20-13-14-21(27-23(20)17-7-5-4-6-8-17)22-15-16-26-24(28-22)18-9-11-19(30-2)12-10-18/h4-16H,3H2,1-2H3. The van der Waals surface area contributed by atoms with Gasteiger partial charge in [-0.25, -0.2) is 19.7 Å². The molecule has 0 saturated carbocycles. The van der Waals surface area contributed by atoms with Gasteiger partial charge in [-0.2, -0.15) is 0 Å². The molecule has 2 heterocycles. The van der Waals surface area contributed by atoms with Crippen LogP contribution in [0.3, 0.4) is 0 Å². The van der Waals surface area contributed by atoms with Crippen LogP contribution in [-0.2, 0) is 4.74 Å². The molecule has 31 heavy (non-hydrogen) atoms. The molecular formula is C25H21N3O3. The number of carbonyl (C=O) groups is 1. The molecular weight excluding hydrogens is 390 g/mol. The minimum atomic E-state index is -0.401. The second-order valence-electron chi connectivity index (χ2n) is 6.67. The smallest absolute Gasteiger partial charge is 0.340 e. The summed E-state index contributed by atoms with van der Waals surface area (Å²) in [5, 5.41) is 0. The number of methoxy groups -OCH3 is 1. The fourth-order valence-electron chi connectivity index (χ4n) is 3.17. The molecule has 2 aromatic carbocycles. The molecule has 0 amide bonds. The Kier molecular flexibility index (Phi) is 5.98. The van der Waals surface area contributed by atoms with Crippen molar-refractivity contribution in [1.29, 1.82) is 0 Å². The molecule has 0 N–H and O–H groups in total. The number of hydrogen-bond acceptors (Lipinski definition) is 6. The van der Waals surface area contributed by atoms with Crippen LogP contribution in [0.4, 0.5) is 0 Å². The predicted molar refractivity (Wildman–Crippen MR) is 119 cm³/mol. The lowest BCUT2D eigenvalue weighted by Gasteiger charge is -2.11. The van der Waals surface area contributed by atoms with Crippen molar-refractivity contribution in [2.45, 2.75) is 6.92 Å². The molecule has 0 aliphatic carbocycles. The average Bonchev–Trinajstić information content (AvgIpc) is 2.84. The highest BCUT2D eigenvalue weighted by molar-refractivity contribution is 5.96. The van der Waals surface area contributed by atoms with Gasteiger partial charge in [0.05, 0.1) is 36.4 Å². The van der Waals surface area contributed by atoms with Crippen LogP contribution in [0.1, 0.15) is 17.3 Å². The van der Waals surface area contributed by atoms with Crippen LogP contribution in [0.5, 0.6) is 5.75 Å². The maximum absolute atomic E-state index is 12.5. The van der Waals surface area contributed by atoms with Gasteiger partial charge in [0.15, 0.2) is 5.82 Å². The molecule has 2 aromatic heterocycles. The van der Waals surface area contributed by atoms with E-state index in [4.69, 9.17) is 14.5 Å². The Labute approximate surface area is 180 Å². The third-order valence-electron chi connectivity index (χ3n) is 4.70. The van der Waals surface area contributed by atoms with E-state index in [1.165, 1.54) is 0 Å². The second-order valence-corrected chi connectivity index (χ2v) is 6.67. The summed E-state index contributed by atoms with van der Waals surface area (Å²) in [6, 6.07) is 22.4. The predicted octanol–water partition coefficient (Wildman–Crippen LogP) is 5.06. The van der Waals surface area contributed by atoms with Crippen molar-refractivity contribution in [3.8, 4) is 39.8 Å². The largest absolute Gasteiger partial charge is 0.497 e. The molecule has 0 fully saturated rings. The zero-order valence-corrected chi connectivity index (χ0v) is 17.3. The normalized spacial score (nSPS) is 10.5. The van der Waals surface area contributed by atoms with E-state index >= 15 is 0 Å². The lowest BCUT2D eigenvalue weighted by Crippen LogP contribution is -2.08. The second kappa shape index (κ2) is 9.17. The van der Waals surface area contributed by atoms with E-state index in [0.29, 0.717) is 35.1 Å². The van der Waals surface area contributed by atoms with Crippen LogP contribution >= 0.6 is 0 Å². The molecule has 0 aliphatic rings. The van der Waals surface area contributed by atoms with E-state index in [1.54, 1.807) is 38.4 Å². The number of pyridine rings is 1. The van der Waals surface area contributed by atoms with Gasteiger partial charge in [-0.05, 0) is 49.4 Å². The summed E-state index contributed by atoms with van der Waals surface area (Å²) in [6.45, 7) is 2.08. The number of rotatable bonds is 6. The molecule has 0 radical (unpaired) electrons. The first-order valence-corrected chi connectivity index (χ1v) is 9.91. The summed E-state index contributed by atoms with van der Waals surface area (Å²) in [6.07, 6.45) is 1.70. The quantitative estimate of drug-likeness (QED) is 0.413. The number of esters is 1. The molecule has 0 atom stereocenters. The van der Waals surface area contributed by atoms with Crippen molar-refractivity contribution < 1.29 is 14.3 Å². The third-order valence-corrected chi connectivity index (χ3v) is 4.70. The number of ether oxygens (including phenoxy) is 2. The molecule has 4 rings (SSSR count). The fourth-order valence-corrected chi connectivity index (χ4v) is 3.17. The van der Waals surface area contributed by atoms with E-state index < -0.39 is 5.97 Å². The van der Waals surface area contributed by atoms with E-state index in [9.17, 15) is 4.79 Å². The summed E-state index contributed by atoms with van der Waals surface area (Å²) in [5.41, 5.74) is 3.98. The van der Waals surface area contributed by atoms with Crippen molar-refractivity contribution in [1.82, 2.24) is 15.0 Å². The molecule has 0 spiro atoms. The first kappa shape index (κ1) is 20.2. The van der Waals surface area contributed by atoms with Crippen LogP contribution in [0.2, 0.25) is 0 Å². The Morgan fingerprint density at radius 2 is 1.58 bits per heavy atom. The highest BCUT2D eigenvalue weighted by Gasteiger charge is 2.17. The van der Waals surface area contributed by atoms with E-state index in [0.717, 1.165) is 16.9 Å². The van der Waals surface area contributed by atoms with Gasteiger partial charge < -0.3 is 9.47 Å². The Morgan fingerprint density at radius 1 is 0.839 bits per heavy atom. The Balaban J connectivity index is 1.77. The van der Waals surface area contributed by atoms with E-state index in [2.05, 4.69) is 9.97 Å². The van der Waals surface area contributed by atoms with Crippen molar-refractivity contribution in [3.05, 3.63) is 84.6 Å². The SMILES string of the molecule is CCOC(=O)c1ccc(-c2ccnc(-c3ccc(OC)cc3)n2)nc1-c1ccccc1. The van der Waals surface area contributed by atoms with E-state index in [1.807, 2.05) is 54.6 Å². The fraction of sp³-hybridized carbons (Fsp3) is 0.120. The van der Waals surface area contributed by atoms with Crippen LogP contribution in [0.15, 0.2) is 79.0 Å². The summed E-state index contributed by atoms with van der Waals surface area (Å²) < 4.78 is 10.4. The summed E-state index contributed by atoms with van der Waals surface area (Å²) in [5.74, 6) is 0.948. The molecule has 6 heteroatoms. The molecule has 0 aliphatic heterocycles. The van der Waals surface area contributed by atoms with Gasteiger partial charge in [-0.15, -0.1) is 0 Å². The highest BCUT2D eigenvalue weighted by atomic mass is 16.5. The summed E-state index contributed by atoms with van der Waals surface area (Å²) in [4.78, 5) is 26.3. The Bertz CT molecular complexity index is 1190. The molecule has 6 nitrogen and oxygen atoms in total. The highest BCUT2D eigenvalue weighted by Crippen LogP contribution is 2.27. The van der Waals surface area contributed by atoms with Crippen LogP contribution in [0.25, 0.3) is 34.0 Å². The number of aromatic nitrogens is 3. The number of hydrogen-bond donors (Lipinski definition) is 0. The minimum Gasteiger partial charge on any atom is -0.497 e. The minimum absolute atomic E-state index is 0.298. The average molecular weight is 411 g/mol. The lowest BCUT2D eigenvalue weighted by molar-refractivity contribution is 0.0527.